The van der Waals surface area contributed by atoms with Crippen LogP contribution < -0.4 is 10.2 Å². The van der Waals surface area contributed by atoms with Crippen LogP contribution in [0, 0.1) is 6.92 Å². The summed E-state index contributed by atoms with van der Waals surface area (Å²) in [6.45, 7) is 2.54. The molecule has 1 aliphatic heterocycles. The number of fused-ring (bicyclic) bond motifs is 1. The van der Waals surface area contributed by atoms with Crippen LogP contribution in [0.3, 0.4) is 0 Å². The number of carbonyl (C=O) groups is 1. The van der Waals surface area contributed by atoms with Crippen molar-refractivity contribution in [2.45, 2.75) is 19.4 Å². The largest absolute Gasteiger partial charge is 0.358 e. The fraction of sp³-hybridized carbons (Fsp3) is 0.250. The highest BCUT2D eigenvalue weighted by molar-refractivity contribution is 6.30. The number of aryl methyl sites for hydroxylation is 1. The summed E-state index contributed by atoms with van der Waals surface area (Å²) in [5.74, 6) is 1.25. The zero-order chi connectivity index (χ0) is 16.7. The molecule has 3 aromatic rings. The van der Waals surface area contributed by atoms with Gasteiger partial charge in [-0.25, -0.2) is 4.98 Å². The first kappa shape index (κ1) is 14.9. The van der Waals surface area contributed by atoms with E-state index in [0.717, 1.165) is 11.4 Å². The van der Waals surface area contributed by atoms with E-state index in [9.17, 15) is 4.79 Å². The van der Waals surface area contributed by atoms with Gasteiger partial charge in [-0.15, -0.1) is 0 Å². The minimum Gasteiger partial charge on any atom is -0.358 e. The van der Waals surface area contributed by atoms with Gasteiger partial charge in [0.15, 0.2) is 0 Å². The van der Waals surface area contributed by atoms with Crippen molar-refractivity contribution in [2.75, 3.05) is 16.8 Å². The monoisotopic (exact) mass is 342 g/mol. The number of halogens is 1. The highest BCUT2D eigenvalue weighted by Gasteiger charge is 2.33. The Morgan fingerprint density at radius 1 is 1.29 bits per heavy atom. The molecule has 4 rings (SSSR count). The number of rotatable bonds is 3. The third-order valence-electron chi connectivity index (χ3n) is 4.05. The van der Waals surface area contributed by atoms with E-state index in [1.54, 1.807) is 21.5 Å². The Kier molecular flexibility index (Phi) is 3.57. The Morgan fingerprint density at radius 2 is 2.08 bits per heavy atom. The van der Waals surface area contributed by atoms with E-state index in [0.29, 0.717) is 29.6 Å². The molecule has 8 heteroatoms. The van der Waals surface area contributed by atoms with Crippen LogP contribution in [0.4, 0.5) is 11.5 Å². The summed E-state index contributed by atoms with van der Waals surface area (Å²) in [5, 5.41) is 8.08. The minimum atomic E-state index is -0.310. The number of nitrogens with zero attached hydrogens (tertiary/aromatic N) is 5. The maximum Gasteiger partial charge on any atom is 0.254 e. The SMILES string of the molecule is Cc1cc(N[C@@H]2CCN(c3ccc(Cl)cc3)C2=O)n2ncnc2n1. The second-order valence-corrected chi connectivity index (χ2v) is 6.14. The summed E-state index contributed by atoms with van der Waals surface area (Å²) in [7, 11) is 0. The molecule has 0 saturated carbocycles. The molecular formula is C16H15ClN6O. The van der Waals surface area contributed by atoms with Crippen LogP contribution in [-0.4, -0.2) is 38.1 Å². The van der Waals surface area contributed by atoms with E-state index in [1.807, 2.05) is 25.1 Å². The van der Waals surface area contributed by atoms with E-state index >= 15 is 0 Å². The molecule has 2 aromatic heterocycles. The lowest BCUT2D eigenvalue weighted by atomic mass is 10.2. The Hall–Kier alpha value is -2.67. The molecule has 1 N–H and O–H groups in total. The Morgan fingerprint density at radius 3 is 2.88 bits per heavy atom. The number of aromatic nitrogens is 4. The van der Waals surface area contributed by atoms with Crippen LogP contribution in [0.2, 0.25) is 5.02 Å². The van der Waals surface area contributed by atoms with Crippen LogP contribution in [0.15, 0.2) is 36.7 Å². The van der Waals surface area contributed by atoms with Gasteiger partial charge >= 0.3 is 0 Å². The molecule has 3 heterocycles. The van der Waals surface area contributed by atoms with Gasteiger partial charge in [-0.3, -0.25) is 4.79 Å². The molecule has 0 aliphatic carbocycles. The molecule has 0 radical (unpaired) electrons. The van der Waals surface area contributed by atoms with Crippen molar-refractivity contribution in [3.63, 3.8) is 0 Å². The molecule has 1 aromatic carbocycles. The van der Waals surface area contributed by atoms with Gasteiger partial charge in [0.25, 0.3) is 5.78 Å². The topological polar surface area (TPSA) is 75.4 Å². The first-order valence-corrected chi connectivity index (χ1v) is 8.00. The molecule has 0 spiro atoms. The molecule has 1 atom stereocenters. The average molecular weight is 343 g/mol. The van der Waals surface area contributed by atoms with Crippen molar-refractivity contribution < 1.29 is 4.79 Å². The zero-order valence-corrected chi connectivity index (χ0v) is 13.7. The average Bonchev–Trinajstić information content (AvgIpc) is 3.16. The van der Waals surface area contributed by atoms with Crippen molar-refractivity contribution in [3.8, 4) is 0 Å². The lowest BCUT2D eigenvalue weighted by molar-refractivity contribution is -0.117. The van der Waals surface area contributed by atoms with Crippen LogP contribution >= 0.6 is 11.6 Å². The fourth-order valence-electron chi connectivity index (χ4n) is 2.90. The third-order valence-corrected chi connectivity index (χ3v) is 4.30. The van der Waals surface area contributed by atoms with Crippen LogP contribution in [0.1, 0.15) is 12.1 Å². The lowest BCUT2D eigenvalue weighted by Gasteiger charge is -2.18. The van der Waals surface area contributed by atoms with Crippen LogP contribution in [-0.2, 0) is 4.79 Å². The highest BCUT2D eigenvalue weighted by Crippen LogP contribution is 2.25. The van der Waals surface area contributed by atoms with Gasteiger partial charge < -0.3 is 10.2 Å². The van der Waals surface area contributed by atoms with Crippen molar-refractivity contribution in [1.82, 2.24) is 19.6 Å². The van der Waals surface area contributed by atoms with Gasteiger partial charge in [0.2, 0.25) is 5.91 Å². The number of carbonyl (C=O) groups excluding carboxylic acids is 1. The van der Waals surface area contributed by atoms with Gasteiger partial charge in [0, 0.05) is 29.0 Å². The van der Waals surface area contributed by atoms with Crippen molar-refractivity contribution >= 4 is 34.8 Å². The summed E-state index contributed by atoms with van der Waals surface area (Å²) in [6.07, 6.45) is 2.16. The van der Waals surface area contributed by atoms with E-state index in [1.165, 1.54) is 6.33 Å². The molecule has 24 heavy (non-hydrogen) atoms. The number of amides is 1. The molecule has 1 amide bonds. The number of hydrogen-bond acceptors (Lipinski definition) is 5. The standard InChI is InChI=1S/C16H15ClN6O/c1-10-8-14(23-16(20-10)18-9-19-23)21-13-6-7-22(15(13)24)12-4-2-11(17)3-5-12/h2-5,8-9,13,21H,6-7H2,1H3/t13-/m1/s1. The summed E-state index contributed by atoms with van der Waals surface area (Å²) in [4.78, 5) is 22.9. The number of hydrogen-bond donors (Lipinski definition) is 1. The maximum atomic E-state index is 12.7. The first-order chi connectivity index (χ1) is 11.6. The molecule has 1 aliphatic rings. The van der Waals surface area contributed by atoms with E-state index in [2.05, 4.69) is 20.4 Å². The lowest BCUT2D eigenvalue weighted by Crippen LogP contribution is -2.34. The zero-order valence-electron chi connectivity index (χ0n) is 13.0. The predicted molar refractivity (Wildman–Crippen MR) is 91.4 cm³/mol. The predicted octanol–water partition coefficient (Wildman–Crippen LogP) is 2.30. The number of anilines is 2. The Labute approximate surface area is 143 Å². The van der Waals surface area contributed by atoms with Crippen LogP contribution in [0.5, 0.6) is 0 Å². The normalized spacial score (nSPS) is 17.7. The highest BCUT2D eigenvalue weighted by atomic mass is 35.5. The summed E-state index contributed by atoms with van der Waals surface area (Å²) in [5.41, 5.74) is 1.67. The Bertz CT molecular complexity index is 907. The van der Waals surface area contributed by atoms with E-state index in [4.69, 9.17) is 11.6 Å². The summed E-state index contributed by atoms with van der Waals surface area (Å²) >= 11 is 5.91. The molecule has 0 bridgehead atoms. The van der Waals surface area contributed by atoms with Gasteiger partial charge in [-0.05, 0) is 37.6 Å². The van der Waals surface area contributed by atoms with Crippen molar-refractivity contribution in [3.05, 3.63) is 47.4 Å². The van der Waals surface area contributed by atoms with E-state index in [-0.39, 0.29) is 11.9 Å². The molecule has 7 nitrogen and oxygen atoms in total. The molecule has 1 fully saturated rings. The third kappa shape index (κ3) is 2.56. The van der Waals surface area contributed by atoms with Gasteiger partial charge in [-0.1, -0.05) is 11.6 Å². The van der Waals surface area contributed by atoms with Gasteiger partial charge in [0.05, 0.1) is 0 Å². The van der Waals surface area contributed by atoms with Crippen molar-refractivity contribution in [2.24, 2.45) is 0 Å². The first-order valence-electron chi connectivity index (χ1n) is 7.63. The molecule has 122 valence electrons. The van der Waals surface area contributed by atoms with E-state index < -0.39 is 0 Å². The fourth-order valence-corrected chi connectivity index (χ4v) is 3.03. The number of benzene rings is 1. The second-order valence-electron chi connectivity index (χ2n) is 5.71. The second kappa shape index (κ2) is 5.76. The smallest absolute Gasteiger partial charge is 0.254 e. The Balaban J connectivity index is 1.58. The van der Waals surface area contributed by atoms with Crippen molar-refractivity contribution in [1.29, 1.82) is 0 Å². The molecule has 1 saturated heterocycles. The number of nitrogens with one attached hydrogen (secondary N) is 1. The van der Waals surface area contributed by atoms with Crippen LogP contribution in [0.25, 0.3) is 5.78 Å². The van der Waals surface area contributed by atoms with Gasteiger partial charge in [0.1, 0.15) is 18.2 Å². The summed E-state index contributed by atoms with van der Waals surface area (Å²) < 4.78 is 1.60. The molecule has 0 unspecified atom stereocenters. The molecular weight excluding hydrogens is 328 g/mol. The maximum absolute atomic E-state index is 12.7. The minimum absolute atomic E-state index is 0.0278. The quantitative estimate of drug-likeness (QED) is 0.790. The van der Waals surface area contributed by atoms with Gasteiger partial charge in [-0.2, -0.15) is 14.6 Å². The summed E-state index contributed by atoms with van der Waals surface area (Å²) in [6, 6.07) is 8.84.